The number of ether oxygens (including phenoxy) is 2. The second-order valence-electron chi connectivity index (χ2n) is 4.85. The fourth-order valence-corrected chi connectivity index (χ4v) is 2.10. The number of hydrogen-bond donors (Lipinski definition) is 1. The van der Waals surface area contributed by atoms with Gasteiger partial charge in [-0.25, -0.2) is 0 Å². The number of aromatic hydroxyl groups is 1. The molecule has 3 heteroatoms. The molecule has 0 aromatic heterocycles. The highest BCUT2D eigenvalue weighted by atomic mass is 16.5. The summed E-state index contributed by atoms with van der Waals surface area (Å²) in [5.41, 5.74) is 2.21. The molecule has 21 heavy (non-hydrogen) atoms. The van der Waals surface area contributed by atoms with E-state index in [1.807, 2.05) is 30.3 Å². The summed E-state index contributed by atoms with van der Waals surface area (Å²) in [5, 5.41) is 9.31. The molecule has 3 nitrogen and oxygen atoms in total. The SMILES string of the molecule is COc1ccc(/C=C/C(C)c2ccc(O)cc2)cc1OC. The lowest BCUT2D eigenvalue weighted by Crippen LogP contribution is -1.91. The summed E-state index contributed by atoms with van der Waals surface area (Å²) in [7, 11) is 3.25. The molecule has 0 bridgehead atoms. The van der Waals surface area contributed by atoms with Gasteiger partial charge in [0.1, 0.15) is 5.75 Å². The summed E-state index contributed by atoms with van der Waals surface area (Å²) in [5.74, 6) is 1.99. The average Bonchev–Trinajstić information content (AvgIpc) is 2.52. The lowest BCUT2D eigenvalue weighted by molar-refractivity contribution is 0.355. The Labute approximate surface area is 125 Å². The maximum Gasteiger partial charge on any atom is 0.161 e. The van der Waals surface area contributed by atoms with E-state index < -0.39 is 0 Å². The van der Waals surface area contributed by atoms with E-state index in [-0.39, 0.29) is 11.7 Å². The van der Waals surface area contributed by atoms with Gasteiger partial charge in [0, 0.05) is 0 Å². The van der Waals surface area contributed by atoms with Gasteiger partial charge in [0.15, 0.2) is 11.5 Å². The highest BCUT2D eigenvalue weighted by Gasteiger charge is 2.04. The van der Waals surface area contributed by atoms with Crippen molar-refractivity contribution in [2.24, 2.45) is 0 Å². The van der Waals surface area contributed by atoms with Gasteiger partial charge in [-0.2, -0.15) is 0 Å². The predicted molar refractivity (Wildman–Crippen MR) is 85.1 cm³/mol. The van der Waals surface area contributed by atoms with Crippen molar-refractivity contribution >= 4 is 6.08 Å². The van der Waals surface area contributed by atoms with Gasteiger partial charge in [0.05, 0.1) is 14.2 Å². The van der Waals surface area contributed by atoms with Crippen LogP contribution in [0.15, 0.2) is 48.5 Å². The van der Waals surface area contributed by atoms with Crippen molar-refractivity contribution in [3.63, 3.8) is 0 Å². The number of hydrogen-bond acceptors (Lipinski definition) is 3. The lowest BCUT2D eigenvalue weighted by Gasteiger charge is -2.09. The van der Waals surface area contributed by atoms with Crippen LogP contribution in [0, 0.1) is 0 Å². The molecule has 0 aliphatic heterocycles. The molecule has 110 valence electrons. The molecule has 0 radical (unpaired) electrons. The second kappa shape index (κ2) is 6.84. The monoisotopic (exact) mass is 284 g/mol. The van der Waals surface area contributed by atoms with Crippen LogP contribution in [-0.4, -0.2) is 19.3 Å². The fraction of sp³-hybridized carbons (Fsp3) is 0.222. The number of rotatable bonds is 5. The molecule has 2 rings (SSSR count). The summed E-state index contributed by atoms with van der Waals surface area (Å²) in [6, 6.07) is 13.1. The molecular formula is C18H20O3. The molecule has 2 aromatic rings. The second-order valence-corrected chi connectivity index (χ2v) is 4.85. The van der Waals surface area contributed by atoms with Gasteiger partial charge in [-0.1, -0.05) is 37.3 Å². The first-order valence-electron chi connectivity index (χ1n) is 6.83. The van der Waals surface area contributed by atoms with Crippen LogP contribution < -0.4 is 9.47 Å². The van der Waals surface area contributed by atoms with Gasteiger partial charge in [-0.3, -0.25) is 0 Å². The molecule has 0 aliphatic carbocycles. The van der Waals surface area contributed by atoms with Crippen LogP contribution in [0.3, 0.4) is 0 Å². The molecule has 1 atom stereocenters. The first-order valence-corrected chi connectivity index (χ1v) is 6.83. The Morgan fingerprint density at radius 3 is 2.24 bits per heavy atom. The molecule has 0 fully saturated rings. The summed E-state index contributed by atoms with van der Waals surface area (Å²) < 4.78 is 10.5. The van der Waals surface area contributed by atoms with Gasteiger partial charge in [0.25, 0.3) is 0 Å². The molecule has 0 heterocycles. The van der Waals surface area contributed by atoms with E-state index in [9.17, 15) is 5.11 Å². The third kappa shape index (κ3) is 3.78. The van der Waals surface area contributed by atoms with Crippen LogP contribution in [0.4, 0.5) is 0 Å². The van der Waals surface area contributed by atoms with Crippen molar-refractivity contribution in [2.45, 2.75) is 12.8 Å². The normalized spacial score (nSPS) is 12.3. The summed E-state index contributed by atoms with van der Waals surface area (Å²) in [6.45, 7) is 2.11. The Hall–Kier alpha value is -2.42. The van der Waals surface area contributed by atoms with Crippen LogP contribution in [-0.2, 0) is 0 Å². The van der Waals surface area contributed by atoms with Crippen molar-refractivity contribution in [3.8, 4) is 17.2 Å². The third-order valence-electron chi connectivity index (χ3n) is 3.40. The molecule has 1 unspecified atom stereocenters. The highest BCUT2D eigenvalue weighted by molar-refractivity contribution is 5.56. The van der Waals surface area contributed by atoms with E-state index in [1.54, 1.807) is 26.4 Å². The van der Waals surface area contributed by atoms with Crippen molar-refractivity contribution in [1.82, 2.24) is 0 Å². The molecule has 2 aromatic carbocycles. The Balaban J connectivity index is 2.15. The maximum atomic E-state index is 9.31. The minimum absolute atomic E-state index is 0.263. The number of methoxy groups -OCH3 is 2. The van der Waals surface area contributed by atoms with Crippen molar-refractivity contribution in [1.29, 1.82) is 0 Å². The molecule has 0 aliphatic rings. The molecule has 0 amide bonds. The summed E-state index contributed by atoms with van der Waals surface area (Å²) >= 11 is 0. The smallest absolute Gasteiger partial charge is 0.161 e. The van der Waals surface area contributed by atoms with Gasteiger partial charge in [0.2, 0.25) is 0 Å². The van der Waals surface area contributed by atoms with Crippen LogP contribution in [0.1, 0.15) is 24.0 Å². The van der Waals surface area contributed by atoms with Gasteiger partial charge in [-0.05, 0) is 41.3 Å². The van der Waals surface area contributed by atoms with Crippen molar-refractivity contribution in [2.75, 3.05) is 14.2 Å². The lowest BCUT2D eigenvalue weighted by atomic mass is 9.99. The van der Waals surface area contributed by atoms with Crippen LogP contribution in [0.25, 0.3) is 6.08 Å². The van der Waals surface area contributed by atoms with E-state index in [0.717, 1.165) is 22.6 Å². The minimum atomic E-state index is 0.263. The Kier molecular flexibility index (Phi) is 4.88. The van der Waals surface area contributed by atoms with Gasteiger partial charge < -0.3 is 14.6 Å². The largest absolute Gasteiger partial charge is 0.508 e. The topological polar surface area (TPSA) is 38.7 Å². The summed E-state index contributed by atoms with van der Waals surface area (Å²) in [6.07, 6.45) is 4.17. The maximum absolute atomic E-state index is 9.31. The van der Waals surface area contributed by atoms with E-state index >= 15 is 0 Å². The van der Waals surface area contributed by atoms with Crippen molar-refractivity contribution in [3.05, 3.63) is 59.7 Å². The van der Waals surface area contributed by atoms with Crippen LogP contribution in [0.5, 0.6) is 17.2 Å². The highest BCUT2D eigenvalue weighted by Crippen LogP contribution is 2.28. The standard InChI is InChI=1S/C18H20O3/c1-13(15-7-9-16(19)10-8-15)4-5-14-6-11-17(20-2)18(12-14)21-3/h4-13,19H,1-3H3/b5-4+. The van der Waals surface area contributed by atoms with Crippen molar-refractivity contribution < 1.29 is 14.6 Å². The van der Waals surface area contributed by atoms with Gasteiger partial charge >= 0.3 is 0 Å². The molecule has 0 saturated heterocycles. The third-order valence-corrected chi connectivity index (χ3v) is 3.40. The zero-order valence-electron chi connectivity index (χ0n) is 12.5. The minimum Gasteiger partial charge on any atom is -0.508 e. The number of allylic oxidation sites excluding steroid dienone is 1. The first-order chi connectivity index (χ1) is 10.1. The zero-order chi connectivity index (χ0) is 15.2. The van der Waals surface area contributed by atoms with Crippen LogP contribution >= 0.6 is 0 Å². The van der Waals surface area contributed by atoms with E-state index in [4.69, 9.17) is 9.47 Å². The molecular weight excluding hydrogens is 264 g/mol. The Morgan fingerprint density at radius 2 is 1.62 bits per heavy atom. The van der Waals surface area contributed by atoms with E-state index in [1.165, 1.54) is 0 Å². The fourth-order valence-electron chi connectivity index (χ4n) is 2.10. The number of benzene rings is 2. The quantitative estimate of drug-likeness (QED) is 0.893. The number of phenolic OH excluding ortho intramolecular Hbond substituents is 1. The van der Waals surface area contributed by atoms with Crippen LogP contribution in [0.2, 0.25) is 0 Å². The zero-order valence-corrected chi connectivity index (χ0v) is 12.5. The Morgan fingerprint density at radius 1 is 0.952 bits per heavy atom. The van der Waals surface area contributed by atoms with Gasteiger partial charge in [-0.15, -0.1) is 0 Å². The summed E-state index contributed by atoms with van der Waals surface area (Å²) in [4.78, 5) is 0. The molecule has 0 saturated carbocycles. The predicted octanol–water partition coefficient (Wildman–Crippen LogP) is 4.23. The van der Waals surface area contributed by atoms with E-state index in [2.05, 4.69) is 19.1 Å². The average molecular weight is 284 g/mol. The Bertz CT molecular complexity index is 615. The molecule has 0 spiro atoms. The van der Waals surface area contributed by atoms with E-state index in [0.29, 0.717) is 0 Å². The molecule has 1 N–H and O–H groups in total. The number of phenols is 1. The first kappa shape index (κ1) is 15.0.